The highest BCUT2D eigenvalue weighted by molar-refractivity contribution is 7.86. The molecule has 1 saturated carbocycles. The van der Waals surface area contributed by atoms with Crippen molar-refractivity contribution in [2.45, 2.75) is 62.7 Å². The Balaban J connectivity index is 1.62. The predicted octanol–water partition coefficient (Wildman–Crippen LogP) is 4.42. The van der Waals surface area contributed by atoms with Crippen LogP contribution in [0.15, 0.2) is 66.1 Å². The second-order valence-electron chi connectivity index (χ2n) is 9.11. The van der Waals surface area contributed by atoms with Gasteiger partial charge in [0.2, 0.25) is 0 Å². The lowest BCUT2D eigenvalue weighted by Crippen LogP contribution is -2.49. The van der Waals surface area contributed by atoms with Gasteiger partial charge in [-0.05, 0) is 68.4 Å². The second-order valence-corrected chi connectivity index (χ2v) is 11.1. The van der Waals surface area contributed by atoms with Gasteiger partial charge in [-0.25, -0.2) is 4.98 Å². The quantitative estimate of drug-likeness (QED) is 0.434. The number of hydrogen-bond donors (Lipinski definition) is 1. The fourth-order valence-electron chi connectivity index (χ4n) is 5.04. The van der Waals surface area contributed by atoms with E-state index in [2.05, 4.69) is 10.1 Å². The van der Waals surface area contributed by atoms with Gasteiger partial charge in [0.05, 0.1) is 23.1 Å². The van der Waals surface area contributed by atoms with Crippen molar-refractivity contribution in [3.63, 3.8) is 0 Å². The average Bonchev–Trinajstić information content (AvgIpc) is 3.42. The molecule has 1 aromatic heterocycles. The van der Waals surface area contributed by atoms with Gasteiger partial charge in [0.1, 0.15) is 12.7 Å². The molecule has 1 heterocycles. The summed E-state index contributed by atoms with van der Waals surface area (Å²) >= 11 is 6.04. The van der Waals surface area contributed by atoms with E-state index in [0.717, 1.165) is 17.5 Å². The fraction of sp³-hybridized carbons (Fsp3) is 0.440. The van der Waals surface area contributed by atoms with Crippen LogP contribution >= 0.6 is 11.6 Å². The van der Waals surface area contributed by atoms with Crippen LogP contribution in [0.3, 0.4) is 0 Å². The topological polar surface area (TPSA) is 94.3 Å². The SMILES string of the molecule is CCC(OS(=O)(=O)c1ccc(C)cc1)C1CCC(Cc2ccc(Cl)cc2)C1(O)Cn1cncn1. The van der Waals surface area contributed by atoms with Crippen molar-refractivity contribution in [1.82, 2.24) is 14.8 Å². The molecule has 4 atom stereocenters. The van der Waals surface area contributed by atoms with Crippen LogP contribution < -0.4 is 0 Å². The first-order valence-electron chi connectivity index (χ1n) is 11.5. The maximum atomic E-state index is 13.1. The standard InChI is InChI=1S/C25H30ClN3O4S/c1-3-24(33-34(31,32)22-11-4-18(2)5-12-22)23-13-8-20(14-19-6-9-21(26)10-7-19)25(23,30)15-29-17-27-16-28-29/h4-7,9-12,16-17,20,23-24,30H,3,8,13-15H2,1-2H3. The molecule has 4 rings (SSSR count). The molecule has 0 amide bonds. The predicted molar refractivity (Wildman–Crippen MR) is 130 cm³/mol. The molecule has 4 unspecified atom stereocenters. The van der Waals surface area contributed by atoms with Crippen LogP contribution in [-0.4, -0.2) is 40.0 Å². The van der Waals surface area contributed by atoms with E-state index in [9.17, 15) is 13.5 Å². The van der Waals surface area contributed by atoms with E-state index in [0.29, 0.717) is 24.3 Å². The molecule has 182 valence electrons. The van der Waals surface area contributed by atoms with Crippen LogP contribution in [0.4, 0.5) is 0 Å². The van der Waals surface area contributed by atoms with Gasteiger partial charge in [0.15, 0.2) is 0 Å². The maximum absolute atomic E-state index is 13.1. The summed E-state index contributed by atoms with van der Waals surface area (Å²) < 4.78 is 33.5. The minimum Gasteiger partial charge on any atom is -0.387 e. The first kappa shape index (κ1) is 24.9. The molecule has 0 saturated heterocycles. The number of aliphatic hydroxyl groups is 1. The minimum atomic E-state index is -3.98. The monoisotopic (exact) mass is 503 g/mol. The number of hydrogen-bond acceptors (Lipinski definition) is 6. The van der Waals surface area contributed by atoms with Crippen LogP contribution in [0.1, 0.15) is 37.3 Å². The average molecular weight is 504 g/mol. The molecule has 0 aliphatic heterocycles. The molecule has 2 aromatic carbocycles. The van der Waals surface area contributed by atoms with Crippen LogP contribution in [0.25, 0.3) is 0 Å². The maximum Gasteiger partial charge on any atom is 0.297 e. The van der Waals surface area contributed by atoms with E-state index in [1.54, 1.807) is 35.3 Å². The Morgan fingerprint density at radius 1 is 1.18 bits per heavy atom. The van der Waals surface area contributed by atoms with E-state index in [1.165, 1.54) is 6.33 Å². The Kier molecular flexibility index (Phi) is 7.42. The highest BCUT2D eigenvalue weighted by atomic mass is 35.5. The van der Waals surface area contributed by atoms with E-state index in [4.69, 9.17) is 15.8 Å². The molecule has 1 aliphatic rings. The summed E-state index contributed by atoms with van der Waals surface area (Å²) in [5.74, 6) is -0.498. The normalized spacial score (nSPS) is 23.8. The van der Waals surface area contributed by atoms with Crippen LogP contribution in [0.2, 0.25) is 5.02 Å². The van der Waals surface area contributed by atoms with E-state index < -0.39 is 21.8 Å². The molecule has 1 N–H and O–H groups in total. The molecular weight excluding hydrogens is 474 g/mol. The third-order valence-electron chi connectivity index (χ3n) is 6.86. The molecule has 7 nitrogen and oxygen atoms in total. The highest BCUT2D eigenvalue weighted by Crippen LogP contribution is 2.47. The van der Waals surface area contributed by atoms with Gasteiger partial charge in [-0.15, -0.1) is 0 Å². The summed E-state index contributed by atoms with van der Waals surface area (Å²) in [7, 11) is -3.98. The smallest absolute Gasteiger partial charge is 0.297 e. The Labute approximate surface area is 205 Å². The molecule has 1 aliphatic carbocycles. The molecule has 9 heteroatoms. The Bertz CT molecular complexity index is 1180. The number of aryl methyl sites for hydroxylation is 1. The van der Waals surface area contributed by atoms with Crippen molar-refractivity contribution >= 4 is 21.7 Å². The second kappa shape index (κ2) is 10.2. The van der Waals surface area contributed by atoms with Crippen LogP contribution in [-0.2, 0) is 27.3 Å². The van der Waals surface area contributed by atoms with Gasteiger partial charge in [0.25, 0.3) is 10.1 Å². The molecule has 1 fully saturated rings. The lowest BCUT2D eigenvalue weighted by atomic mass is 9.78. The van der Waals surface area contributed by atoms with Gasteiger partial charge in [-0.1, -0.05) is 48.4 Å². The Morgan fingerprint density at radius 2 is 1.88 bits per heavy atom. The van der Waals surface area contributed by atoms with E-state index >= 15 is 0 Å². The van der Waals surface area contributed by atoms with Crippen molar-refractivity contribution < 1.29 is 17.7 Å². The van der Waals surface area contributed by atoms with Gasteiger partial charge in [-0.2, -0.15) is 13.5 Å². The molecule has 0 bridgehead atoms. The number of aromatic nitrogens is 3. The summed E-state index contributed by atoms with van der Waals surface area (Å²) in [6, 6.07) is 14.2. The molecule has 3 aromatic rings. The van der Waals surface area contributed by atoms with Gasteiger partial charge in [-0.3, -0.25) is 8.86 Å². The van der Waals surface area contributed by atoms with E-state index in [1.807, 2.05) is 38.1 Å². The fourth-order valence-corrected chi connectivity index (χ4v) is 6.34. The summed E-state index contributed by atoms with van der Waals surface area (Å²) in [6.07, 6.45) is 4.79. The zero-order valence-corrected chi connectivity index (χ0v) is 20.9. The Morgan fingerprint density at radius 3 is 2.50 bits per heavy atom. The number of benzene rings is 2. The highest BCUT2D eigenvalue weighted by Gasteiger charge is 2.53. The zero-order valence-electron chi connectivity index (χ0n) is 19.3. The van der Waals surface area contributed by atoms with Gasteiger partial charge < -0.3 is 5.11 Å². The largest absolute Gasteiger partial charge is 0.387 e. The Hall–Kier alpha value is -2.26. The third kappa shape index (κ3) is 5.35. The number of rotatable bonds is 9. The van der Waals surface area contributed by atoms with Crippen molar-refractivity contribution in [2.24, 2.45) is 11.8 Å². The van der Waals surface area contributed by atoms with Crippen molar-refractivity contribution in [2.75, 3.05) is 0 Å². The lowest BCUT2D eigenvalue weighted by molar-refractivity contribution is -0.0851. The van der Waals surface area contributed by atoms with Gasteiger partial charge >= 0.3 is 0 Å². The number of nitrogens with zero attached hydrogens (tertiary/aromatic N) is 3. The summed E-state index contributed by atoms with van der Waals surface area (Å²) in [4.78, 5) is 4.13. The van der Waals surface area contributed by atoms with Crippen molar-refractivity contribution in [1.29, 1.82) is 0 Å². The first-order valence-corrected chi connectivity index (χ1v) is 13.3. The lowest BCUT2D eigenvalue weighted by Gasteiger charge is -2.38. The third-order valence-corrected chi connectivity index (χ3v) is 8.47. The van der Waals surface area contributed by atoms with Gasteiger partial charge in [0, 0.05) is 10.9 Å². The summed E-state index contributed by atoms with van der Waals surface area (Å²) in [5.41, 5.74) is 0.805. The molecule has 34 heavy (non-hydrogen) atoms. The minimum absolute atomic E-state index is 0.109. The molecular formula is C25H30ClN3O4S. The summed E-state index contributed by atoms with van der Waals surface area (Å²) in [6.45, 7) is 3.99. The molecule has 0 spiro atoms. The number of halogens is 1. The summed E-state index contributed by atoms with van der Waals surface area (Å²) in [5, 5.41) is 17.0. The van der Waals surface area contributed by atoms with E-state index in [-0.39, 0.29) is 23.3 Å². The van der Waals surface area contributed by atoms with Crippen molar-refractivity contribution in [3.05, 3.63) is 77.3 Å². The van der Waals surface area contributed by atoms with Crippen LogP contribution in [0, 0.1) is 18.8 Å². The van der Waals surface area contributed by atoms with Crippen LogP contribution in [0.5, 0.6) is 0 Å². The molecule has 0 radical (unpaired) electrons. The zero-order chi connectivity index (χ0) is 24.3. The van der Waals surface area contributed by atoms with Crippen molar-refractivity contribution in [3.8, 4) is 0 Å². The first-order chi connectivity index (χ1) is 16.2.